The summed E-state index contributed by atoms with van der Waals surface area (Å²) in [7, 11) is 2.06. The first kappa shape index (κ1) is 22.5. The number of nitrogens with zero attached hydrogens (tertiary/aromatic N) is 5. The first-order valence-corrected chi connectivity index (χ1v) is 11.5. The van der Waals surface area contributed by atoms with E-state index >= 15 is 0 Å². The minimum atomic E-state index is -4.47. The molecule has 2 atom stereocenters. The van der Waals surface area contributed by atoms with Gasteiger partial charge in [-0.25, -0.2) is 15.0 Å². The van der Waals surface area contributed by atoms with Crippen molar-refractivity contribution < 1.29 is 13.2 Å². The van der Waals surface area contributed by atoms with Crippen LogP contribution in [0.25, 0.3) is 11.0 Å². The third-order valence-electron chi connectivity index (χ3n) is 6.71. The number of hydrogen-bond donors (Lipinski definition) is 2. The van der Waals surface area contributed by atoms with Crippen molar-refractivity contribution >= 4 is 34.0 Å². The van der Waals surface area contributed by atoms with Gasteiger partial charge in [0.1, 0.15) is 11.6 Å². The van der Waals surface area contributed by atoms with E-state index in [1.54, 1.807) is 19.9 Å². The molecule has 5 rings (SSSR count). The number of hydrogen-bond acceptors (Lipinski definition) is 7. The highest BCUT2D eigenvalue weighted by atomic mass is 19.4. The van der Waals surface area contributed by atoms with Crippen molar-refractivity contribution in [2.24, 2.45) is 0 Å². The molecule has 180 valence electrons. The number of alkyl halides is 3. The van der Waals surface area contributed by atoms with Gasteiger partial charge in [0.15, 0.2) is 11.5 Å². The molecule has 2 aliphatic heterocycles. The van der Waals surface area contributed by atoms with E-state index in [9.17, 15) is 13.2 Å². The molecule has 4 heterocycles. The van der Waals surface area contributed by atoms with Gasteiger partial charge in [-0.05, 0) is 62.9 Å². The molecule has 0 saturated carbocycles. The fourth-order valence-corrected chi connectivity index (χ4v) is 5.01. The van der Waals surface area contributed by atoms with E-state index in [-0.39, 0.29) is 5.69 Å². The van der Waals surface area contributed by atoms with Crippen molar-refractivity contribution in [1.29, 1.82) is 0 Å². The molecule has 1 fully saturated rings. The molecule has 0 bridgehead atoms. The molecule has 7 nitrogen and oxygen atoms in total. The quantitative estimate of drug-likeness (QED) is 0.525. The van der Waals surface area contributed by atoms with Gasteiger partial charge in [0, 0.05) is 31.9 Å². The molecular formula is C24H28F3N7. The minimum absolute atomic E-state index is 0.0654. The second kappa shape index (κ2) is 8.18. The fourth-order valence-electron chi connectivity index (χ4n) is 5.01. The number of nitrogen functional groups attached to an aromatic ring is 1. The van der Waals surface area contributed by atoms with Crippen LogP contribution >= 0.6 is 0 Å². The van der Waals surface area contributed by atoms with Crippen molar-refractivity contribution in [3.05, 3.63) is 41.2 Å². The highest BCUT2D eigenvalue weighted by Crippen LogP contribution is 2.40. The first-order chi connectivity index (χ1) is 16.1. The van der Waals surface area contributed by atoms with E-state index < -0.39 is 17.8 Å². The Balaban J connectivity index is 1.55. The van der Waals surface area contributed by atoms with Crippen LogP contribution in [0, 0.1) is 6.92 Å². The fraction of sp³-hybridized carbons (Fsp3) is 0.458. The number of rotatable bonds is 3. The zero-order valence-corrected chi connectivity index (χ0v) is 19.4. The van der Waals surface area contributed by atoms with Gasteiger partial charge in [0.2, 0.25) is 0 Å². The molecule has 34 heavy (non-hydrogen) atoms. The maximum atomic E-state index is 13.3. The summed E-state index contributed by atoms with van der Waals surface area (Å²) in [5, 5.41) is 4.01. The lowest BCUT2D eigenvalue weighted by molar-refractivity contribution is -0.137. The molecule has 0 radical (unpaired) electrons. The van der Waals surface area contributed by atoms with E-state index in [2.05, 4.69) is 32.1 Å². The van der Waals surface area contributed by atoms with E-state index in [4.69, 9.17) is 10.7 Å². The van der Waals surface area contributed by atoms with E-state index in [1.165, 1.54) is 6.42 Å². The number of piperidine rings is 1. The molecule has 2 aliphatic rings. The summed E-state index contributed by atoms with van der Waals surface area (Å²) in [4.78, 5) is 18.7. The second-order valence-corrected chi connectivity index (χ2v) is 9.30. The van der Waals surface area contributed by atoms with Crippen LogP contribution in [0.4, 0.5) is 36.2 Å². The van der Waals surface area contributed by atoms with Crippen molar-refractivity contribution in [3.8, 4) is 0 Å². The van der Waals surface area contributed by atoms with Crippen molar-refractivity contribution in [2.75, 3.05) is 41.0 Å². The normalized spacial score (nSPS) is 19.1. The lowest BCUT2D eigenvalue weighted by Gasteiger charge is -2.45. The van der Waals surface area contributed by atoms with Crippen molar-refractivity contribution in [2.45, 2.75) is 51.4 Å². The van der Waals surface area contributed by atoms with Crippen LogP contribution in [-0.2, 0) is 6.18 Å². The largest absolute Gasteiger partial charge is 0.416 e. The first-order valence-electron chi connectivity index (χ1n) is 11.5. The molecule has 0 aliphatic carbocycles. The number of fused-ring (bicyclic) bond motifs is 4. The average molecular weight is 472 g/mol. The Bertz CT molecular complexity index is 1240. The predicted molar refractivity (Wildman–Crippen MR) is 128 cm³/mol. The van der Waals surface area contributed by atoms with Gasteiger partial charge in [-0.3, -0.25) is 0 Å². The Kier molecular flexibility index (Phi) is 5.41. The molecule has 2 aromatic heterocycles. The summed E-state index contributed by atoms with van der Waals surface area (Å²) in [6.45, 7) is 5.48. The molecule has 3 aromatic rings. The number of nitrogens with one attached hydrogen (secondary N) is 1. The lowest BCUT2D eigenvalue weighted by atomic mass is 9.98. The SMILES string of the molecule is Cc1nc(N[C@H](C)c2cc(N)cc(C(F)(F)F)c2)c2cc3c(nc2n1)N1CCCCC1CN3C. The number of nitrogens with two attached hydrogens (primary N) is 1. The van der Waals surface area contributed by atoms with Crippen LogP contribution in [0.15, 0.2) is 24.3 Å². The van der Waals surface area contributed by atoms with Crippen LogP contribution in [0.5, 0.6) is 0 Å². The number of pyridine rings is 1. The Morgan fingerprint density at radius 3 is 2.68 bits per heavy atom. The highest BCUT2D eigenvalue weighted by molar-refractivity contribution is 5.93. The smallest absolute Gasteiger partial charge is 0.399 e. The van der Waals surface area contributed by atoms with Crippen LogP contribution in [-0.4, -0.2) is 41.1 Å². The summed E-state index contributed by atoms with van der Waals surface area (Å²) in [5.74, 6) is 2.02. The van der Waals surface area contributed by atoms with Crippen LogP contribution in [0.2, 0.25) is 0 Å². The average Bonchev–Trinajstić information content (AvgIpc) is 2.77. The van der Waals surface area contributed by atoms with E-state index in [0.29, 0.717) is 28.9 Å². The Labute approximate surface area is 196 Å². The number of halogens is 3. The van der Waals surface area contributed by atoms with Gasteiger partial charge < -0.3 is 20.9 Å². The number of likely N-dealkylation sites (N-methyl/N-ethyl adjacent to an activating group) is 1. The summed E-state index contributed by atoms with van der Waals surface area (Å²) in [5.41, 5.74) is 7.08. The Hall–Kier alpha value is -3.30. The van der Waals surface area contributed by atoms with Gasteiger partial charge >= 0.3 is 6.18 Å². The molecule has 0 spiro atoms. The molecular weight excluding hydrogens is 443 g/mol. The molecule has 1 unspecified atom stereocenters. The predicted octanol–water partition coefficient (Wildman–Crippen LogP) is 4.92. The maximum Gasteiger partial charge on any atom is 0.416 e. The molecule has 1 saturated heterocycles. The van der Waals surface area contributed by atoms with Gasteiger partial charge in [-0.15, -0.1) is 0 Å². The minimum Gasteiger partial charge on any atom is -0.399 e. The molecule has 1 aromatic carbocycles. The van der Waals surface area contributed by atoms with Crippen LogP contribution < -0.4 is 20.9 Å². The topological polar surface area (TPSA) is 83.2 Å². The molecule has 10 heteroatoms. The third-order valence-corrected chi connectivity index (χ3v) is 6.71. The highest BCUT2D eigenvalue weighted by Gasteiger charge is 2.34. The standard InChI is InChI=1S/C24H28F3N7/c1-13(15-8-16(24(25,26)27)10-17(28)9-15)29-21-19-11-20-23(32-22(19)31-14(2)30-21)34-7-5-4-6-18(34)12-33(20)3/h8-11,13,18H,4-7,12,28H2,1-3H3,(H,29,30,31,32)/t13-,18?/m1/s1. The third kappa shape index (κ3) is 4.05. The van der Waals surface area contributed by atoms with Gasteiger partial charge in [0.25, 0.3) is 0 Å². The van der Waals surface area contributed by atoms with Crippen LogP contribution in [0.1, 0.15) is 49.2 Å². The Morgan fingerprint density at radius 1 is 1.12 bits per heavy atom. The summed E-state index contributed by atoms with van der Waals surface area (Å²) in [6, 6.07) is 5.63. The molecule has 0 amide bonds. The van der Waals surface area contributed by atoms with E-state index in [1.807, 2.05) is 6.07 Å². The number of aromatic nitrogens is 3. The number of benzene rings is 1. The lowest BCUT2D eigenvalue weighted by Crippen LogP contribution is -2.50. The van der Waals surface area contributed by atoms with Gasteiger partial charge in [-0.1, -0.05) is 0 Å². The summed E-state index contributed by atoms with van der Waals surface area (Å²) in [6.07, 6.45) is -0.948. The number of anilines is 4. The zero-order valence-electron chi connectivity index (χ0n) is 19.4. The summed E-state index contributed by atoms with van der Waals surface area (Å²) >= 11 is 0. The molecule has 3 N–H and O–H groups in total. The summed E-state index contributed by atoms with van der Waals surface area (Å²) < 4.78 is 39.9. The number of aryl methyl sites for hydroxylation is 1. The van der Waals surface area contributed by atoms with Crippen molar-refractivity contribution in [3.63, 3.8) is 0 Å². The second-order valence-electron chi connectivity index (χ2n) is 9.30. The Morgan fingerprint density at radius 2 is 1.91 bits per heavy atom. The maximum absolute atomic E-state index is 13.3. The van der Waals surface area contributed by atoms with E-state index in [0.717, 1.165) is 55.0 Å². The van der Waals surface area contributed by atoms with Gasteiger partial charge in [0.05, 0.1) is 22.7 Å². The van der Waals surface area contributed by atoms with Gasteiger partial charge in [-0.2, -0.15) is 13.2 Å². The zero-order chi connectivity index (χ0) is 24.2. The monoisotopic (exact) mass is 471 g/mol. The van der Waals surface area contributed by atoms with Crippen molar-refractivity contribution in [1.82, 2.24) is 15.0 Å². The van der Waals surface area contributed by atoms with Crippen LogP contribution in [0.3, 0.4) is 0 Å².